The fraction of sp³-hybridized carbons (Fsp3) is 0.333. The van der Waals surface area contributed by atoms with Crippen LogP contribution in [0.15, 0.2) is 30.3 Å². The lowest BCUT2D eigenvalue weighted by Gasteiger charge is -2.13. The first-order valence-electron chi connectivity index (χ1n) is 4.14. The molecule has 66 valence electrons. The Hall–Kier alpha value is -0.0331. The first-order chi connectivity index (χ1) is 5.86. The van der Waals surface area contributed by atoms with Crippen LogP contribution in [0, 0.1) is 0 Å². The van der Waals surface area contributed by atoms with Gasteiger partial charge in [-0.2, -0.15) is 0 Å². The lowest BCUT2D eigenvalue weighted by atomic mass is 10.3. The maximum atomic E-state index is 5.77. The topological polar surface area (TPSA) is 9.23 Å². The summed E-state index contributed by atoms with van der Waals surface area (Å²) in [5, 5.41) is 0. The van der Waals surface area contributed by atoms with Gasteiger partial charge in [-0.05, 0) is 18.6 Å². The molecular formula is C9H13IOSi. The molecule has 0 aliphatic heterocycles. The fourth-order valence-corrected chi connectivity index (χ4v) is 3.80. The fourth-order valence-electron chi connectivity index (χ4n) is 0.915. The van der Waals surface area contributed by atoms with Crippen molar-refractivity contribution in [3.63, 3.8) is 0 Å². The van der Waals surface area contributed by atoms with E-state index >= 15 is 0 Å². The third-order valence-electron chi connectivity index (χ3n) is 1.67. The molecule has 0 bridgehead atoms. The lowest BCUT2D eigenvalue weighted by molar-refractivity contribution is 0.276. The van der Waals surface area contributed by atoms with Gasteiger partial charge in [0.05, 0.1) is 5.73 Å². The Morgan fingerprint density at radius 2 is 2.08 bits per heavy atom. The van der Waals surface area contributed by atoms with Gasteiger partial charge in [0.1, 0.15) is 12.8 Å². The van der Waals surface area contributed by atoms with Crippen LogP contribution in [0.3, 0.4) is 0 Å². The van der Waals surface area contributed by atoms with E-state index in [-0.39, 0.29) is 7.02 Å². The molecule has 0 N–H and O–H groups in total. The molecule has 0 saturated carbocycles. The summed E-state index contributed by atoms with van der Waals surface area (Å²) in [5.41, 5.74) is 0.494. The minimum Gasteiger partial charge on any atom is -0.494 e. The SMILES string of the molecule is CCC(Oc1ccccc1)[SiH2]I. The Kier molecular flexibility index (Phi) is 4.68. The highest BCUT2D eigenvalue weighted by molar-refractivity contribution is 14.1. The molecule has 0 aliphatic carbocycles. The van der Waals surface area contributed by atoms with Crippen LogP contribution >= 0.6 is 21.8 Å². The van der Waals surface area contributed by atoms with Gasteiger partial charge in [-0.1, -0.05) is 25.1 Å². The lowest BCUT2D eigenvalue weighted by Crippen LogP contribution is -2.19. The van der Waals surface area contributed by atoms with Gasteiger partial charge in [-0.25, -0.2) is 0 Å². The first kappa shape index (κ1) is 10.1. The number of rotatable bonds is 4. The van der Waals surface area contributed by atoms with E-state index in [1.165, 1.54) is 0 Å². The number of hydrogen-bond donors (Lipinski definition) is 0. The molecule has 0 fully saturated rings. The molecule has 1 aromatic rings. The molecule has 1 atom stereocenters. The van der Waals surface area contributed by atoms with Crippen molar-refractivity contribution in [2.45, 2.75) is 19.1 Å². The molecule has 0 spiro atoms. The third kappa shape index (κ3) is 3.14. The summed E-state index contributed by atoms with van der Waals surface area (Å²) in [6.45, 7) is 2.18. The Balaban J connectivity index is 2.51. The highest BCUT2D eigenvalue weighted by Gasteiger charge is 2.04. The summed E-state index contributed by atoms with van der Waals surface area (Å²) >= 11 is 2.49. The summed E-state index contributed by atoms with van der Waals surface area (Å²) in [4.78, 5) is 0. The molecule has 0 radical (unpaired) electrons. The van der Waals surface area contributed by atoms with Gasteiger partial charge in [0.15, 0.2) is 0 Å². The molecule has 0 aliphatic rings. The van der Waals surface area contributed by atoms with Crippen molar-refractivity contribution in [1.29, 1.82) is 0 Å². The summed E-state index contributed by atoms with van der Waals surface area (Å²) in [5.74, 6) is 1.01. The molecule has 0 aromatic heterocycles. The number of hydrogen-bond acceptors (Lipinski definition) is 1. The zero-order valence-electron chi connectivity index (χ0n) is 7.16. The molecule has 0 saturated heterocycles. The second-order valence-electron chi connectivity index (χ2n) is 2.62. The Bertz CT molecular complexity index is 211. The van der Waals surface area contributed by atoms with Crippen LogP contribution in [0.1, 0.15) is 13.3 Å². The van der Waals surface area contributed by atoms with Crippen molar-refractivity contribution in [3.05, 3.63) is 30.3 Å². The van der Waals surface area contributed by atoms with Gasteiger partial charge in [0.25, 0.3) is 0 Å². The van der Waals surface area contributed by atoms with Crippen LogP contribution in [-0.2, 0) is 0 Å². The average molecular weight is 292 g/mol. The zero-order valence-corrected chi connectivity index (χ0v) is 10.7. The molecule has 1 rings (SSSR count). The van der Waals surface area contributed by atoms with Crippen molar-refractivity contribution >= 4 is 28.8 Å². The van der Waals surface area contributed by atoms with E-state index < -0.39 is 0 Å². The van der Waals surface area contributed by atoms with E-state index in [9.17, 15) is 0 Å². The average Bonchev–Trinajstić information content (AvgIpc) is 2.16. The largest absolute Gasteiger partial charge is 0.494 e. The molecule has 12 heavy (non-hydrogen) atoms. The van der Waals surface area contributed by atoms with Crippen LogP contribution in [0.25, 0.3) is 0 Å². The first-order valence-corrected chi connectivity index (χ1v) is 10.1. The van der Waals surface area contributed by atoms with Crippen LogP contribution in [0.5, 0.6) is 5.75 Å². The van der Waals surface area contributed by atoms with E-state index in [1.54, 1.807) is 0 Å². The van der Waals surface area contributed by atoms with Crippen molar-refractivity contribution in [2.24, 2.45) is 0 Å². The monoisotopic (exact) mass is 292 g/mol. The number of ether oxygens (including phenoxy) is 1. The van der Waals surface area contributed by atoms with E-state index in [4.69, 9.17) is 4.74 Å². The second kappa shape index (κ2) is 5.58. The van der Waals surface area contributed by atoms with E-state index in [0.717, 1.165) is 12.2 Å². The van der Waals surface area contributed by atoms with Crippen LogP contribution in [0.4, 0.5) is 0 Å². The van der Waals surface area contributed by atoms with Crippen molar-refractivity contribution < 1.29 is 4.74 Å². The standard InChI is InChI=1S/C9H13IOSi/c1-2-9(12-10)11-8-6-4-3-5-7-8/h3-7,9H,2,12H2,1H3. The predicted octanol–water partition coefficient (Wildman–Crippen LogP) is 2.32. The predicted molar refractivity (Wildman–Crippen MR) is 63.7 cm³/mol. The number of benzene rings is 1. The van der Waals surface area contributed by atoms with Crippen LogP contribution < -0.4 is 4.74 Å². The highest BCUT2D eigenvalue weighted by Crippen LogP contribution is 2.12. The Morgan fingerprint density at radius 1 is 1.42 bits per heavy atom. The maximum absolute atomic E-state index is 5.77. The Labute approximate surface area is 88.5 Å². The molecule has 1 nitrogen and oxygen atoms in total. The van der Waals surface area contributed by atoms with E-state index in [0.29, 0.717) is 5.73 Å². The smallest absolute Gasteiger partial charge is 0.141 e. The summed E-state index contributed by atoms with van der Waals surface area (Å²) < 4.78 is 5.77. The summed E-state index contributed by atoms with van der Waals surface area (Å²) in [6.07, 6.45) is 1.13. The van der Waals surface area contributed by atoms with Crippen molar-refractivity contribution in [2.75, 3.05) is 0 Å². The molecule has 0 amide bonds. The van der Waals surface area contributed by atoms with Gasteiger partial charge in [-0.3, -0.25) is 0 Å². The molecule has 0 heterocycles. The van der Waals surface area contributed by atoms with Crippen LogP contribution in [0.2, 0.25) is 0 Å². The molecule has 1 unspecified atom stereocenters. The number of halogens is 1. The minimum atomic E-state index is -0.0681. The quantitative estimate of drug-likeness (QED) is 0.470. The van der Waals surface area contributed by atoms with Crippen molar-refractivity contribution in [1.82, 2.24) is 0 Å². The minimum absolute atomic E-state index is 0.0681. The Morgan fingerprint density at radius 3 is 2.58 bits per heavy atom. The highest BCUT2D eigenvalue weighted by atomic mass is 127. The van der Waals surface area contributed by atoms with Gasteiger partial charge in [0, 0.05) is 0 Å². The van der Waals surface area contributed by atoms with Gasteiger partial charge in [-0.15, -0.1) is 21.8 Å². The third-order valence-corrected chi connectivity index (χ3v) is 5.71. The van der Waals surface area contributed by atoms with Gasteiger partial charge in [0.2, 0.25) is 0 Å². The normalized spacial score (nSPS) is 13.5. The summed E-state index contributed by atoms with van der Waals surface area (Å²) in [6, 6.07) is 10.1. The second-order valence-corrected chi connectivity index (χ2v) is 6.48. The van der Waals surface area contributed by atoms with Gasteiger partial charge < -0.3 is 4.74 Å². The number of para-hydroxylation sites is 1. The maximum Gasteiger partial charge on any atom is 0.141 e. The van der Waals surface area contributed by atoms with Crippen LogP contribution in [-0.4, -0.2) is 12.7 Å². The molecular weight excluding hydrogens is 279 g/mol. The van der Waals surface area contributed by atoms with Crippen molar-refractivity contribution in [3.8, 4) is 5.75 Å². The van der Waals surface area contributed by atoms with Gasteiger partial charge >= 0.3 is 0 Å². The summed E-state index contributed by atoms with van der Waals surface area (Å²) in [7, 11) is -0.0681. The van der Waals surface area contributed by atoms with E-state index in [2.05, 4.69) is 28.7 Å². The zero-order chi connectivity index (χ0) is 8.81. The molecule has 3 heteroatoms. The molecule has 1 aromatic carbocycles. The van der Waals surface area contributed by atoms with E-state index in [1.807, 2.05) is 30.3 Å².